The SMILES string of the molecule is CCN(Cc1nccn1C)C(=O)C[C@H]1CC[C@@H](CNC(=O)C2CC=CC2)N1C. The number of likely N-dealkylation sites (N-methyl/N-ethyl adjacent to an activating group) is 1. The van der Waals surface area contributed by atoms with E-state index >= 15 is 0 Å². The molecule has 1 saturated heterocycles. The maximum Gasteiger partial charge on any atom is 0.224 e. The first-order valence-electron chi connectivity index (χ1n) is 10.4. The van der Waals surface area contributed by atoms with Crippen LogP contribution in [0, 0.1) is 5.92 Å². The van der Waals surface area contributed by atoms with Crippen molar-refractivity contribution in [1.82, 2.24) is 24.7 Å². The molecule has 0 bridgehead atoms. The van der Waals surface area contributed by atoms with Gasteiger partial charge in [-0.3, -0.25) is 14.5 Å². The van der Waals surface area contributed by atoms with E-state index in [-0.39, 0.29) is 23.8 Å². The molecule has 1 aromatic heterocycles. The van der Waals surface area contributed by atoms with E-state index in [0.29, 0.717) is 32.1 Å². The van der Waals surface area contributed by atoms with Gasteiger partial charge < -0.3 is 14.8 Å². The molecule has 3 rings (SSSR count). The molecule has 2 aliphatic rings. The maximum atomic E-state index is 12.8. The van der Waals surface area contributed by atoms with E-state index in [2.05, 4.69) is 34.4 Å². The van der Waals surface area contributed by atoms with Crippen LogP contribution in [0.15, 0.2) is 24.5 Å². The average Bonchev–Trinajstić information content (AvgIpc) is 3.42. The number of aryl methyl sites for hydroxylation is 1. The largest absolute Gasteiger partial charge is 0.354 e. The fourth-order valence-corrected chi connectivity index (χ4v) is 4.20. The molecule has 0 spiro atoms. The summed E-state index contributed by atoms with van der Waals surface area (Å²) in [5.74, 6) is 1.33. The van der Waals surface area contributed by atoms with E-state index in [1.54, 1.807) is 6.20 Å². The molecule has 0 radical (unpaired) electrons. The lowest BCUT2D eigenvalue weighted by Gasteiger charge is -2.28. The lowest BCUT2D eigenvalue weighted by Crippen LogP contribution is -2.44. The Morgan fingerprint density at radius 1 is 1.21 bits per heavy atom. The predicted molar refractivity (Wildman–Crippen MR) is 108 cm³/mol. The second-order valence-electron chi connectivity index (χ2n) is 8.00. The zero-order valence-corrected chi connectivity index (χ0v) is 17.3. The third kappa shape index (κ3) is 4.82. The van der Waals surface area contributed by atoms with Gasteiger partial charge in [0, 0.05) is 57.0 Å². The molecule has 154 valence electrons. The minimum Gasteiger partial charge on any atom is -0.354 e. The van der Waals surface area contributed by atoms with Gasteiger partial charge in [0.2, 0.25) is 11.8 Å². The number of rotatable bonds is 8. The average molecular weight is 388 g/mol. The Morgan fingerprint density at radius 2 is 1.93 bits per heavy atom. The highest BCUT2D eigenvalue weighted by Gasteiger charge is 2.33. The number of carbonyl (C=O) groups is 2. The summed E-state index contributed by atoms with van der Waals surface area (Å²) in [4.78, 5) is 33.6. The van der Waals surface area contributed by atoms with Gasteiger partial charge in [0.15, 0.2) is 0 Å². The minimum absolute atomic E-state index is 0.105. The molecular formula is C21H33N5O2. The van der Waals surface area contributed by atoms with Gasteiger partial charge in [0.25, 0.3) is 0 Å². The molecule has 1 N–H and O–H groups in total. The topological polar surface area (TPSA) is 70.5 Å². The van der Waals surface area contributed by atoms with Crippen molar-refractivity contribution in [1.29, 1.82) is 0 Å². The Kier molecular flexibility index (Phi) is 6.88. The molecule has 1 aliphatic heterocycles. The highest BCUT2D eigenvalue weighted by atomic mass is 16.2. The Morgan fingerprint density at radius 3 is 2.57 bits per heavy atom. The number of allylic oxidation sites excluding steroid dienone is 2. The van der Waals surface area contributed by atoms with Crippen molar-refractivity contribution in [3.8, 4) is 0 Å². The van der Waals surface area contributed by atoms with Gasteiger partial charge in [0.05, 0.1) is 6.54 Å². The summed E-state index contributed by atoms with van der Waals surface area (Å²) in [6, 6.07) is 0.540. The Labute approximate surface area is 167 Å². The van der Waals surface area contributed by atoms with Crippen LogP contribution in [0.4, 0.5) is 0 Å². The number of aromatic nitrogens is 2. The molecule has 1 aromatic rings. The highest BCUT2D eigenvalue weighted by molar-refractivity contribution is 5.79. The zero-order chi connectivity index (χ0) is 20.1. The van der Waals surface area contributed by atoms with E-state index in [1.807, 2.05) is 29.6 Å². The van der Waals surface area contributed by atoms with Crippen LogP contribution < -0.4 is 5.32 Å². The van der Waals surface area contributed by atoms with Crippen molar-refractivity contribution in [3.63, 3.8) is 0 Å². The van der Waals surface area contributed by atoms with Crippen molar-refractivity contribution >= 4 is 11.8 Å². The molecule has 28 heavy (non-hydrogen) atoms. The molecule has 0 aromatic carbocycles. The number of hydrogen-bond donors (Lipinski definition) is 1. The third-order valence-electron chi connectivity index (χ3n) is 6.27. The molecule has 2 heterocycles. The monoisotopic (exact) mass is 387 g/mol. The van der Waals surface area contributed by atoms with Crippen molar-refractivity contribution in [2.24, 2.45) is 13.0 Å². The minimum atomic E-state index is 0.105. The fraction of sp³-hybridized carbons (Fsp3) is 0.667. The molecule has 0 unspecified atom stereocenters. The molecule has 1 aliphatic carbocycles. The van der Waals surface area contributed by atoms with E-state index in [9.17, 15) is 9.59 Å². The van der Waals surface area contributed by atoms with Crippen LogP contribution in [0.2, 0.25) is 0 Å². The quantitative estimate of drug-likeness (QED) is 0.690. The molecular weight excluding hydrogens is 354 g/mol. The van der Waals surface area contributed by atoms with Crippen molar-refractivity contribution in [2.75, 3.05) is 20.1 Å². The fourth-order valence-electron chi connectivity index (χ4n) is 4.20. The van der Waals surface area contributed by atoms with Gasteiger partial charge >= 0.3 is 0 Å². The summed E-state index contributed by atoms with van der Waals surface area (Å²) in [5, 5.41) is 3.11. The van der Waals surface area contributed by atoms with Crippen molar-refractivity contribution in [2.45, 2.75) is 57.7 Å². The van der Waals surface area contributed by atoms with Gasteiger partial charge in [-0.25, -0.2) is 4.98 Å². The lowest BCUT2D eigenvalue weighted by molar-refractivity contribution is -0.133. The molecule has 7 heteroatoms. The van der Waals surface area contributed by atoms with Crippen molar-refractivity contribution in [3.05, 3.63) is 30.4 Å². The standard InChI is InChI=1S/C21H33N5O2/c1-4-26(15-19-22-11-12-24(19)2)20(27)13-17-9-10-18(25(17)3)14-23-21(28)16-7-5-6-8-16/h5-6,11-12,16-18H,4,7-10,13-15H2,1-3H3,(H,23,28)/t17-,18+/m1/s1. The molecule has 2 amide bonds. The number of amides is 2. The summed E-state index contributed by atoms with van der Waals surface area (Å²) in [6.07, 6.45) is 12.1. The van der Waals surface area contributed by atoms with Gasteiger partial charge in [-0.1, -0.05) is 12.2 Å². The molecule has 0 saturated carbocycles. The van der Waals surface area contributed by atoms with E-state index < -0.39 is 0 Å². The van der Waals surface area contributed by atoms with Crippen molar-refractivity contribution < 1.29 is 9.59 Å². The number of likely N-dealkylation sites (tertiary alicyclic amines) is 1. The normalized spacial score (nSPS) is 22.7. The summed E-state index contributed by atoms with van der Waals surface area (Å²) < 4.78 is 1.95. The van der Waals surface area contributed by atoms with Crippen LogP contribution >= 0.6 is 0 Å². The number of hydrogen-bond acceptors (Lipinski definition) is 4. The van der Waals surface area contributed by atoms with Gasteiger partial charge in [-0.15, -0.1) is 0 Å². The Hall–Kier alpha value is -2.15. The molecule has 2 atom stereocenters. The third-order valence-corrected chi connectivity index (χ3v) is 6.27. The Bertz CT molecular complexity index is 705. The number of imidazole rings is 1. The van der Waals surface area contributed by atoms with Gasteiger partial charge in [-0.2, -0.15) is 0 Å². The first-order chi connectivity index (χ1) is 13.5. The second kappa shape index (κ2) is 9.37. The summed E-state index contributed by atoms with van der Waals surface area (Å²) in [5.41, 5.74) is 0. The van der Waals surface area contributed by atoms with Crippen LogP contribution in [0.25, 0.3) is 0 Å². The van der Waals surface area contributed by atoms with Crippen LogP contribution in [0.1, 0.15) is 44.9 Å². The maximum absolute atomic E-state index is 12.8. The first kappa shape index (κ1) is 20.6. The highest BCUT2D eigenvalue weighted by Crippen LogP contribution is 2.25. The van der Waals surface area contributed by atoms with E-state index in [0.717, 1.165) is 31.5 Å². The van der Waals surface area contributed by atoms with Crippen LogP contribution in [-0.2, 0) is 23.2 Å². The van der Waals surface area contributed by atoms with E-state index in [4.69, 9.17) is 0 Å². The Balaban J connectivity index is 1.47. The molecule has 7 nitrogen and oxygen atoms in total. The second-order valence-corrected chi connectivity index (χ2v) is 8.00. The van der Waals surface area contributed by atoms with Crippen LogP contribution in [-0.4, -0.2) is 63.4 Å². The first-order valence-corrected chi connectivity index (χ1v) is 10.4. The van der Waals surface area contributed by atoms with Crippen LogP contribution in [0.3, 0.4) is 0 Å². The summed E-state index contributed by atoms with van der Waals surface area (Å²) in [6.45, 7) is 3.90. The number of nitrogens with one attached hydrogen (secondary N) is 1. The summed E-state index contributed by atoms with van der Waals surface area (Å²) in [7, 11) is 4.03. The predicted octanol–water partition coefficient (Wildman–Crippen LogP) is 1.70. The van der Waals surface area contributed by atoms with Gasteiger partial charge in [0.1, 0.15) is 5.82 Å². The van der Waals surface area contributed by atoms with Crippen LogP contribution in [0.5, 0.6) is 0 Å². The zero-order valence-electron chi connectivity index (χ0n) is 17.3. The number of carbonyl (C=O) groups excluding carboxylic acids is 2. The smallest absolute Gasteiger partial charge is 0.224 e. The number of nitrogens with zero attached hydrogens (tertiary/aromatic N) is 4. The van der Waals surface area contributed by atoms with E-state index in [1.165, 1.54) is 0 Å². The summed E-state index contributed by atoms with van der Waals surface area (Å²) >= 11 is 0. The van der Waals surface area contributed by atoms with Gasteiger partial charge in [-0.05, 0) is 39.7 Å². The molecule has 1 fully saturated rings. The lowest BCUT2D eigenvalue weighted by atomic mass is 10.1.